The Bertz CT molecular complexity index is 1560. The number of piperazine rings is 1. The predicted octanol–water partition coefficient (Wildman–Crippen LogP) is 6.19. The molecule has 2 atom stereocenters. The Morgan fingerprint density at radius 3 is 2.39 bits per heavy atom. The van der Waals surface area contributed by atoms with E-state index in [2.05, 4.69) is 76.5 Å². The second-order valence-corrected chi connectivity index (χ2v) is 10.1. The van der Waals surface area contributed by atoms with E-state index in [0.29, 0.717) is 12.1 Å². The molecule has 0 amide bonds. The van der Waals surface area contributed by atoms with Crippen molar-refractivity contribution in [2.24, 2.45) is 0 Å². The quantitative estimate of drug-likeness (QED) is 0.309. The van der Waals surface area contributed by atoms with Crippen LogP contribution < -0.4 is 4.90 Å². The number of aryl methyl sites for hydroxylation is 1. The van der Waals surface area contributed by atoms with Gasteiger partial charge >= 0.3 is 0 Å². The number of hydrogen-bond donors (Lipinski definition) is 0. The molecule has 1 aliphatic heterocycles. The molecule has 3 aromatic heterocycles. The van der Waals surface area contributed by atoms with Gasteiger partial charge in [-0.05, 0) is 87.5 Å². The fourth-order valence-electron chi connectivity index (χ4n) is 5.38. The molecule has 2 aromatic carbocycles. The lowest BCUT2D eigenvalue weighted by atomic mass is 10.0. The summed E-state index contributed by atoms with van der Waals surface area (Å²) in [5.74, 6) is -0.269. The summed E-state index contributed by atoms with van der Waals surface area (Å²) in [6, 6.07) is 20.9. The molecular formula is C30H30FN5. The lowest BCUT2D eigenvalue weighted by Crippen LogP contribution is -2.55. The van der Waals surface area contributed by atoms with E-state index in [4.69, 9.17) is 4.98 Å². The van der Waals surface area contributed by atoms with E-state index in [9.17, 15) is 4.39 Å². The molecule has 6 heteroatoms. The number of rotatable bonds is 3. The number of benzene rings is 2. The second-order valence-electron chi connectivity index (χ2n) is 10.1. The van der Waals surface area contributed by atoms with Crippen LogP contribution in [-0.4, -0.2) is 51.5 Å². The summed E-state index contributed by atoms with van der Waals surface area (Å²) in [5, 5.41) is 0.787. The number of likely N-dealkylation sites (N-methyl/N-ethyl adjacent to an activating group) is 1. The average molecular weight is 480 g/mol. The molecule has 0 spiro atoms. The molecule has 0 saturated carbocycles. The van der Waals surface area contributed by atoms with Crippen LogP contribution in [0.5, 0.6) is 0 Å². The van der Waals surface area contributed by atoms with Crippen molar-refractivity contribution < 1.29 is 4.39 Å². The van der Waals surface area contributed by atoms with Crippen LogP contribution in [0.3, 0.4) is 0 Å². The van der Waals surface area contributed by atoms with Gasteiger partial charge in [-0.2, -0.15) is 0 Å². The fraction of sp³-hybridized carbons (Fsp3) is 0.267. The predicted molar refractivity (Wildman–Crippen MR) is 145 cm³/mol. The van der Waals surface area contributed by atoms with E-state index in [-0.39, 0.29) is 5.82 Å². The fourth-order valence-corrected chi connectivity index (χ4v) is 5.38. The number of nitrogens with zero attached hydrogens (tertiary/aromatic N) is 5. The molecule has 5 aromatic rings. The molecule has 0 N–H and O–H groups in total. The maximum absolute atomic E-state index is 14.1. The van der Waals surface area contributed by atoms with Crippen molar-refractivity contribution in [1.29, 1.82) is 0 Å². The highest BCUT2D eigenvalue weighted by Crippen LogP contribution is 2.32. The van der Waals surface area contributed by atoms with Crippen LogP contribution in [0.2, 0.25) is 0 Å². The molecule has 182 valence electrons. The largest absolute Gasteiger partial charge is 0.368 e. The topological polar surface area (TPSA) is 36.7 Å². The van der Waals surface area contributed by atoms with Crippen molar-refractivity contribution in [3.63, 3.8) is 0 Å². The number of halogens is 1. The molecule has 1 fully saturated rings. The van der Waals surface area contributed by atoms with Crippen LogP contribution in [-0.2, 0) is 0 Å². The molecule has 0 bridgehead atoms. The molecule has 5 nitrogen and oxygen atoms in total. The van der Waals surface area contributed by atoms with Crippen molar-refractivity contribution in [3.05, 3.63) is 84.6 Å². The van der Waals surface area contributed by atoms with E-state index in [1.165, 1.54) is 11.8 Å². The third-order valence-corrected chi connectivity index (χ3v) is 7.61. The Morgan fingerprint density at radius 2 is 1.64 bits per heavy atom. The molecule has 0 radical (unpaired) electrons. The Balaban J connectivity index is 1.33. The van der Waals surface area contributed by atoms with Crippen molar-refractivity contribution in [2.75, 3.05) is 25.0 Å². The minimum Gasteiger partial charge on any atom is -0.368 e. The maximum Gasteiger partial charge on any atom is 0.137 e. The van der Waals surface area contributed by atoms with Crippen LogP contribution in [0.4, 0.5) is 10.1 Å². The zero-order chi connectivity index (χ0) is 25.0. The summed E-state index contributed by atoms with van der Waals surface area (Å²) in [5.41, 5.74) is 7.92. The Morgan fingerprint density at radius 1 is 0.889 bits per heavy atom. The van der Waals surface area contributed by atoms with Crippen molar-refractivity contribution >= 4 is 22.2 Å². The first-order valence-corrected chi connectivity index (χ1v) is 12.5. The number of imidazole rings is 1. The van der Waals surface area contributed by atoms with Gasteiger partial charge in [-0.15, -0.1) is 0 Å². The Labute approximate surface area is 210 Å². The van der Waals surface area contributed by atoms with Gasteiger partial charge in [0, 0.05) is 53.7 Å². The number of fused-ring (bicyclic) bond motifs is 2. The molecule has 6 rings (SSSR count). The molecule has 0 aliphatic carbocycles. The third kappa shape index (κ3) is 3.91. The highest BCUT2D eigenvalue weighted by molar-refractivity contribution is 5.94. The highest BCUT2D eigenvalue weighted by Gasteiger charge is 2.26. The van der Waals surface area contributed by atoms with E-state index < -0.39 is 0 Å². The van der Waals surface area contributed by atoms with Crippen molar-refractivity contribution in [3.8, 4) is 22.4 Å². The Hall–Kier alpha value is -3.77. The summed E-state index contributed by atoms with van der Waals surface area (Å²) in [6.45, 7) is 8.61. The first-order valence-electron chi connectivity index (χ1n) is 12.5. The molecule has 1 saturated heterocycles. The lowest BCUT2D eigenvalue weighted by Gasteiger charge is -2.43. The first kappa shape index (κ1) is 22.7. The summed E-state index contributed by atoms with van der Waals surface area (Å²) in [6.07, 6.45) is 3.91. The highest BCUT2D eigenvalue weighted by atomic mass is 19.1. The van der Waals surface area contributed by atoms with Gasteiger partial charge in [-0.1, -0.05) is 12.1 Å². The maximum atomic E-state index is 14.1. The van der Waals surface area contributed by atoms with Crippen molar-refractivity contribution in [1.82, 2.24) is 19.3 Å². The monoisotopic (exact) mass is 479 g/mol. The lowest BCUT2D eigenvalue weighted by molar-refractivity contribution is 0.170. The van der Waals surface area contributed by atoms with E-state index >= 15 is 0 Å². The average Bonchev–Trinajstić information content (AvgIpc) is 3.30. The van der Waals surface area contributed by atoms with Crippen LogP contribution in [0.15, 0.2) is 73.1 Å². The molecule has 0 unspecified atom stereocenters. The van der Waals surface area contributed by atoms with Gasteiger partial charge < -0.3 is 4.90 Å². The Kier molecular flexibility index (Phi) is 5.49. The standard InChI is InChI=1S/C30H30FN5/c1-19-13-27(26-15-24(31)7-10-28(26)33-19)29-16-32-30-14-23(11-12-36(29)30)22-5-8-25(9-6-22)35-17-20(2)34(4)21(3)18-35/h5-16,20-21H,17-18H2,1-4H3/t20-,21+. The van der Waals surface area contributed by atoms with Gasteiger partial charge in [-0.3, -0.25) is 14.3 Å². The minimum atomic E-state index is -0.269. The second kappa shape index (κ2) is 8.71. The summed E-state index contributed by atoms with van der Waals surface area (Å²) < 4.78 is 16.1. The molecular weight excluding hydrogens is 449 g/mol. The van der Waals surface area contributed by atoms with Crippen LogP contribution >= 0.6 is 0 Å². The van der Waals surface area contributed by atoms with Gasteiger partial charge in [-0.25, -0.2) is 9.37 Å². The van der Waals surface area contributed by atoms with Gasteiger partial charge in [0.25, 0.3) is 0 Å². The number of anilines is 1. The van der Waals surface area contributed by atoms with E-state index in [1.807, 2.05) is 25.4 Å². The van der Waals surface area contributed by atoms with E-state index in [1.54, 1.807) is 12.1 Å². The number of pyridine rings is 2. The van der Waals surface area contributed by atoms with Gasteiger partial charge in [0.2, 0.25) is 0 Å². The summed E-state index contributed by atoms with van der Waals surface area (Å²) >= 11 is 0. The zero-order valence-electron chi connectivity index (χ0n) is 21.1. The van der Waals surface area contributed by atoms with Gasteiger partial charge in [0.1, 0.15) is 11.5 Å². The molecule has 36 heavy (non-hydrogen) atoms. The van der Waals surface area contributed by atoms with Crippen LogP contribution in [0.25, 0.3) is 38.9 Å². The normalized spacial score (nSPS) is 18.9. The minimum absolute atomic E-state index is 0.269. The van der Waals surface area contributed by atoms with Gasteiger partial charge in [0.15, 0.2) is 0 Å². The molecule has 4 heterocycles. The SMILES string of the molecule is Cc1cc(-c2cnc3cc(-c4ccc(N5C[C@@H](C)N(C)[C@@H](C)C5)cc4)ccn23)c2cc(F)ccc2n1. The summed E-state index contributed by atoms with van der Waals surface area (Å²) in [4.78, 5) is 14.2. The smallest absolute Gasteiger partial charge is 0.137 e. The van der Waals surface area contributed by atoms with Gasteiger partial charge in [0.05, 0.1) is 17.4 Å². The number of hydrogen-bond acceptors (Lipinski definition) is 4. The summed E-state index contributed by atoms with van der Waals surface area (Å²) in [7, 11) is 2.21. The number of aromatic nitrogens is 3. The first-order chi connectivity index (χ1) is 17.4. The van der Waals surface area contributed by atoms with Crippen LogP contribution in [0.1, 0.15) is 19.5 Å². The molecule has 1 aliphatic rings. The third-order valence-electron chi connectivity index (χ3n) is 7.61. The van der Waals surface area contributed by atoms with E-state index in [0.717, 1.165) is 57.7 Å². The zero-order valence-corrected chi connectivity index (χ0v) is 21.1. The van der Waals surface area contributed by atoms with Crippen LogP contribution in [0, 0.1) is 12.7 Å². The van der Waals surface area contributed by atoms with Crippen molar-refractivity contribution in [2.45, 2.75) is 32.9 Å².